The Morgan fingerprint density at radius 3 is 2.25 bits per heavy atom. The van der Waals surface area contributed by atoms with E-state index in [9.17, 15) is 0 Å². The molecule has 0 atom stereocenters. The molecular weight excluding hydrogens is 286 g/mol. The molecule has 1 aromatic heterocycles. The van der Waals surface area contributed by atoms with Crippen molar-refractivity contribution in [1.82, 2.24) is 4.57 Å². The summed E-state index contributed by atoms with van der Waals surface area (Å²) in [5, 5.41) is 0.911. The molecule has 2 aromatic carbocycles. The van der Waals surface area contributed by atoms with E-state index in [0.717, 1.165) is 22.2 Å². The lowest BCUT2D eigenvalue weighted by molar-refractivity contribution is 0.537. The number of aryl methyl sites for hydroxylation is 2. The van der Waals surface area contributed by atoms with Crippen molar-refractivity contribution < 1.29 is 4.42 Å². The number of aromatic nitrogens is 1. The van der Waals surface area contributed by atoms with Gasteiger partial charge in [-0.05, 0) is 50.3 Å². The van der Waals surface area contributed by atoms with Gasteiger partial charge >= 0.3 is 0 Å². The van der Waals surface area contributed by atoms with Gasteiger partial charge in [0.15, 0.2) is 0 Å². The molecule has 0 aliphatic heterocycles. The third-order valence-corrected chi connectivity index (χ3v) is 3.91. The zero-order chi connectivity index (χ0) is 14.3. The maximum Gasteiger partial charge on any atom is 0.274 e. The van der Waals surface area contributed by atoms with Gasteiger partial charge in [0.1, 0.15) is 10.2 Å². The molecule has 0 radical (unpaired) electrons. The molecule has 0 aliphatic rings. The zero-order valence-corrected chi connectivity index (χ0v) is 12.8. The maximum atomic E-state index is 5.72. The predicted octanol–water partition coefficient (Wildman–Crippen LogP) is 5.30. The summed E-state index contributed by atoms with van der Waals surface area (Å²) in [5.74, 6) is 0. The minimum Gasteiger partial charge on any atom is -0.431 e. The van der Waals surface area contributed by atoms with Crippen LogP contribution in [0.2, 0.25) is 0 Å². The number of rotatable bonds is 1. The summed E-state index contributed by atoms with van der Waals surface area (Å²) in [6.07, 6.45) is 0. The van der Waals surface area contributed by atoms with Crippen LogP contribution in [0.1, 0.15) is 11.1 Å². The number of nitrogens with zero attached hydrogens (tertiary/aromatic N) is 1. The summed E-state index contributed by atoms with van der Waals surface area (Å²) in [4.78, 5) is 0.371. The molecule has 0 fully saturated rings. The molecule has 3 rings (SSSR count). The van der Waals surface area contributed by atoms with E-state index in [-0.39, 0.29) is 0 Å². The average molecular weight is 299 g/mol. The first-order valence-electron chi connectivity index (χ1n) is 6.30. The Hall–Kier alpha value is -1.78. The normalized spacial score (nSPS) is 10.9. The van der Waals surface area contributed by atoms with Gasteiger partial charge in [-0.3, -0.25) is 4.57 Å². The topological polar surface area (TPSA) is 18.1 Å². The van der Waals surface area contributed by atoms with E-state index in [1.54, 1.807) is 4.57 Å². The maximum absolute atomic E-state index is 5.72. The minimum absolute atomic E-state index is 0.371. The molecule has 0 spiro atoms. The molecule has 0 N–H and O–H groups in total. The molecule has 0 saturated heterocycles. The highest BCUT2D eigenvalue weighted by Crippen LogP contribution is 2.21. The van der Waals surface area contributed by atoms with Crippen molar-refractivity contribution in [2.45, 2.75) is 13.8 Å². The van der Waals surface area contributed by atoms with Gasteiger partial charge in [0.25, 0.3) is 4.84 Å². The molecule has 0 amide bonds. The molecule has 0 bridgehead atoms. The van der Waals surface area contributed by atoms with Gasteiger partial charge in [-0.2, -0.15) is 0 Å². The smallest absolute Gasteiger partial charge is 0.274 e. The van der Waals surface area contributed by atoms with Gasteiger partial charge in [-0.25, -0.2) is 0 Å². The highest BCUT2D eigenvalue weighted by atomic mass is 32.1. The lowest BCUT2D eigenvalue weighted by Crippen LogP contribution is -1.99. The number of benzene rings is 2. The van der Waals surface area contributed by atoms with Gasteiger partial charge in [-0.1, -0.05) is 41.5 Å². The average Bonchev–Trinajstić information content (AvgIpc) is 2.42. The minimum atomic E-state index is 0.371. The van der Waals surface area contributed by atoms with Crippen LogP contribution in [0.25, 0.3) is 16.7 Å². The number of hydrogen-bond acceptors (Lipinski definition) is 3. The first-order chi connectivity index (χ1) is 9.56. The summed E-state index contributed by atoms with van der Waals surface area (Å²) < 4.78 is 8.21. The summed E-state index contributed by atoms with van der Waals surface area (Å²) in [5.41, 5.74) is 4.00. The van der Waals surface area contributed by atoms with Crippen LogP contribution in [-0.2, 0) is 0 Å². The molecule has 4 heteroatoms. The molecule has 2 nitrogen and oxygen atoms in total. The number of fused-ring (bicyclic) bond motifs is 1. The second-order valence-corrected chi connectivity index (χ2v) is 5.58. The first-order valence-corrected chi connectivity index (χ1v) is 7.11. The monoisotopic (exact) mass is 299 g/mol. The SMILES string of the molecule is Cc1ccc(-n2c(=S)oc3ccc(C)cc3c2=S)cc1. The fraction of sp³-hybridized carbons (Fsp3) is 0.125. The molecule has 100 valence electrons. The fourth-order valence-corrected chi connectivity index (χ4v) is 2.85. The molecule has 20 heavy (non-hydrogen) atoms. The second kappa shape index (κ2) is 4.96. The van der Waals surface area contributed by atoms with Crippen LogP contribution in [-0.4, -0.2) is 4.57 Å². The van der Waals surface area contributed by atoms with Gasteiger partial charge in [-0.15, -0.1) is 0 Å². The first kappa shape index (κ1) is 13.2. The Bertz CT molecular complexity index is 904. The van der Waals surface area contributed by atoms with E-state index >= 15 is 0 Å². The van der Waals surface area contributed by atoms with Crippen molar-refractivity contribution in [3.8, 4) is 5.69 Å². The predicted molar refractivity (Wildman–Crippen MR) is 86.7 cm³/mol. The molecule has 3 aromatic rings. The second-order valence-electron chi connectivity index (χ2n) is 4.84. The van der Waals surface area contributed by atoms with E-state index in [2.05, 4.69) is 0 Å². The number of hydrogen-bond donors (Lipinski definition) is 0. The third-order valence-electron chi connectivity index (χ3n) is 3.24. The van der Waals surface area contributed by atoms with Crippen molar-refractivity contribution in [1.29, 1.82) is 0 Å². The van der Waals surface area contributed by atoms with E-state index < -0.39 is 0 Å². The van der Waals surface area contributed by atoms with Gasteiger partial charge in [0.2, 0.25) is 0 Å². The summed E-state index contributed by atoms with van der Waals surface area (Å²) in [6.45, 7) is 4.08. The Morgan fingerprint density at radius 2 is 1.55 bits per heavy atom. The standard InChI is InChI=1S/C16H13NOS2/c1-10-3-6-12(7-4-10)17-15(19)13-9-11(2)5-8-14(13)18-16(17)20/h3-9H,1-2H3. The van der Waals surface area contributed by atoms with Crippen LogP contribution in [0.4, 0.5) is 0 Å². The molecule has 0 saturated carbocycles. The van der Waals surface area contributed by atoms with Crippen molar-refractivity contribution in [2.75, 3.05) is 0 Å². The van der Waals surface area contributed by atoms with E-state index in [1.807, 2.05) is 56.3 Å². The highest BCUT2D eigenvalue weighted by Gasteiger charge is 2.06. The Kier molecular flexibility index (Phi) is 3.28. The van der Waals surface area contributed by atoms with Crippen molar-refractivity contribution >= 4 is 35.4 Å². The van der Waals surface area contributed by atoms with Crippen LogP contribution in [0.15, 0.2) is 46.9 Å². The Labute approximate surface area is 127 Å². The summed E-state index contributed by atoms with van der Waals surface area (Å²) >= 11 is 10.9. The van der Waals surface area contributed by atoms with Crippen LogP contribution < -0.4 is 0 Å². The van der Waals surface area contributed by atoms with Gasteiger partial charge in [0.05, 0.1) is 11.1 Å². The molecule has 0 unspecified atom stereocenters. The lowest BCUT2D eigenvalue weighted by Gasteiger charge is -2.09. The van der Waals surface area contributed by atoms with Crippen molar-refractivity contribution in [3.05, 3.63) is 63.1 Å². The molecular formula is C16H13NOS2. The van der Waals surface area contributed by atoms with Crippen LogP contribution in [0, 0.1) is 23.3 Å². The molecule has 0 aliphatic carbocycles. The molecule has 1 heterocycles. The van der Waals surface area contributed by atoms with E-state index in [4.69, 9.17) is 28.9 Å². The van der Waals surface area contributed by atoms with Crippen LogP contribution in [0.3, 0.4) is 0 Å². The van der Waals surface area contributed by atoms with Crippen molar-refractivity contribution in [2.24, 2.45) is 0 Å². The third kappa shape index (κ3) is 2.21. The van der Waals surface area contributed by atoms with Gasteiger partial charge < -0.3 is 4.42 Å². The zero-order valence-electron chi connectivity index (χ0n) is 11.2. The fourth-order valence-electron chi connectivity index (χ4n) is 2.16. The van der Waals surface area contributed by atoms with E-state index in [1.165, 1.54) is 5.56 Å². The highest BCUT2D eigenvalue weighted by molar-refractivity contribution is 7.72. The van der Waals surface area contributed by atoms with Crippen LogP contribution >= 0.6 is 24.4 Å². The van der Waals surface area contributed by atoms with E-state index in [0.29, 0.717) is 9.48 Å². The Morgan fingerprint density at radius 1 is 0.900 bits per heavy atom. The Balaban J connectivity index is 2.39. The van der Waals surface area contributed by atoms with Crippen LogP contribution in [0.5, 0.6) is 0 Å². The lowest BCUT2D eigenvalue weighted by atomic mass is 10.2. The van der Waals surface area contributed by atoms with Crippen molar-refractivity contribution in [3.63, 3.8) is 0 Å². The summed E-state index contributed by atoms with van der Waals surface area (Å²) in [6, 6.07) is 14.0. The van der Waals surface area contributed by atoms with Gasteiger partial charge in [0, 0.05) is 0 Å². The quantitative estimate of drug-likeness (QED) is 0.568. The largest absolute Gasteiger partial charge is 0.431 e. The summed E-state index contributed by atoms with van der Waals surface area (Å²) in [7, 11) is 0.